The molecular weight excluding hydrogens is 368 g/mol. The quantitative estimate of drug-likeness (QED) is 0.473. The van der Waals surface area contributed by atoms with Gasteiger partial charge in [-0.3, -0.25) is 0 Å². The lowest BCUT2D eigenvalue weighted by Crippen LogP contribution is -1.99. The molecule has 0 aliphatic rings. The third kappa shape index (κ3) is 3.01. The average Bonchev–Trinajstić information content (AvgIpc) is 3.36. The first kappa shape index (κ1) is 16.6. The van der Waals surface area contributed by atoms with E-state index in [-0.39, 0.29) is 0 Å². The average molecular weight is 384 g/mol. The molecule has 0 spiro atoms. The van der Waals surface area contributed by atoms with Crippen LogP contribution in [-0.4, -0.2) is 24.7 Å². The molecule has 0 atom stereocenters. The highest BCUT2D eigenvalue weighted by Crippen LogP contribution is 2.27. The maximum Gasteiger partial charge on any atom is 0.168 e. The SMILES string of the molecule is Cc1nc(-c2ccc(Nc3ncnc4c3cnn4-c3ccccc3)cc2)cs1. The number of hydrogen-bond donors (Lipinski definition) is 1. The van der Waals surface area contributed by atoms with Gasteiger partial charge in [-0.05, 0) is 31.2 Å². The zero-order valence-corrected chi connectivity index (χ0v) is 15.9. The normalized spacial score (nSPS) is 11.0. The molecule has 0 aliphatic heterocycles. The van der Waals surface area contributed by atoms with Crippen LogP contribution in [0.4, 0.5) is 11.5 Å². The first-order chi connectivity index (χ1) is 13.8. The molecule has 7 heteroatoms. The number of rotatable bonds is 4. The lowest BCUT2D eigenvalue weighted by Gasteiger charge is -2.07. The Hall–Kier alpha value is -3.58. The molecule has 136 valence electrons. The van der Waals surface area contributed by atoms with E-state index in [0.29, 0.717) is 0 Å². The van der Waals surface area contributed by atoms with Crippen molar-refractivity contribution in [1.29, 1.82) is 0 Å². The number of fused-ring (bicyclic) bond motifs is 1. The molecule has 0 bridgehead atoms. The van der Waals surface area contributed by atoms with Gasteiger partial charge >= 0.3 is 0 Å². The predicted octanol–water partition coefficient (Wildman–Crippen LogP) is 4.99. The summed E-state index contributed by atoms with van der Waals surface area (Å²) >= 11 is 1.65. The molecule has 0 fully saturated rings. The fourth-order valence-corrected chi connectivity index (χ4v) is 3.68. The Bertz CT molecular complexity index is 1240. The topological polar surface area (TPSA) is 68.5 Å². The van der Waals surface area contributed by atoms with Gasteiger partial charge in [0.25, 0.3) is 0 Å². The van der Waals surface area contributed by atoms with Gasteiger partial charge in [-0.15, -0.1) is 11.3 Å². The van der Waals surface area contributed by atoms with E-state index in [0.717, 1.165) is 44.5 Å². The standard InChI is InChI=1S/C21H16N6S/c1-14-25-19(12-28-14)15-7-9-16(10-8-15)26-20-18-11-24-27(21(18)23-13-22-20)17-5-3-2-4-6-17/h2-13H,1H3,(H,22,23,26). The van der Waals surface area contributed by atoms with Crippen LogP contribution in [0, 0.1) is 6.92 Å². The Balaban J connectivity index is 1.46. The molecule has 0 saturated carbocycles. The van der Waals surface area contributed by atoms with Crippen LogP contribution in [0.1, 0.15) is 5.01 Å². The van der Waals surface area contributed by atoms with Crippen molar-refractivity contribution in [1.82, 2.24) is 24.7 Å². The highest BCUT2D eigenvalue weighted by Gasteiger charge is 2.11. The molecule has 28 heavy (non-hydrogen) atoms. The molecule has 6 nitrogen and oxygen atoms in total. The van der Waals surface area contributed by atoms with Gasteiger partial charge in [0.05, 0.1) is 28.0 Å². The van der Waals surface area contributed by atoms with Crippen molar-refractivity contribution in [2.45, 2.75) is 6.92 Å². The molecule has 3 heterocycles. The minimum absolute atomic E-state index is 0.726. The van der Waals surface area contributed by atoms with E-state index < -0.39 is 0 Å². The number of benzene rings is 2. The van der Waals surface area contributed by atoms with Crippen LogP contribution in [0.15, 0.2) is 72.5 Å². The van der Waals surface area contributed by atoms with Crippen LogP contribution in [0.5, 0.6) is 0 Å². The highest BCUT2D eigenvalue weighted by molar-refractivity contribution is 7.09. The van der Waals surface area contributed by atoms with Gasteiger partial charge < -0.3 is 5.32 Å². The lowest BCUT2D eigenvalue weighted by atomic mass is 10.1. The van der Waals surface area contributed by atoms with E-state index in [4.69, 9.17) is 0 Å². The summed E-state index contributed by atoms with van der Waals surface area (Å²) in [5, 5.41) is 11.9. The summed E-state index contributed by atoms with van der Waals surface area (Å²) in [5.41, 5.74) is 4.77. The third-order valence-electron chi connectivity index (χ3n) is 4.43. The van der Waals surface area contributed by atoms with Gasteiger partial charge in [0.1, 0.15) is 12.1 Å². The van der Waals surface area contributed by atoms with Crippen LogP contribution in [-0.2, 0) is 0 Å². The number of hydrogen-bond acceptors (Lipinski definition) is 6. The minimum atomic E-state index is 0.726. The maximum absolute atomic E-state index is 4.53. The van der Waals surface area contributed by atoms with Crippen LogP contribution in [0.25, 0.3) is 28.0 Å². The Kier molecular flexibility index (Phi) is 4.06. The molecule has 0 saturated heterocycles. The summed E-state index contributed by atoms with van der Waals surface area (Å²) in [6.07, 6.45) is 3.34. The number of aryl methyl sites for hydroxylation is 1. The van der Waals surface area contributed by atoms with Crippen molar-refractivity contribution in [3.63, 3.8) is 0 Å². The summed E-state index contributed by atoms with van der Waals surface area (Å²) < 4.78 is 1.82. The van der Waals surface area contributed by atoms with Crippen LogP contribution < -0.4 is 5.32 Å². The lowest BCUT2D eigenvalue weighted by molar-refractivity contribution is 0.895. The number of aromatic nitrogens is 5. The summed E-state index contributed by atoms with van der Waals surface area (Å²) in [6.45, 7) is 2.01. The van der Waals surface area contributed by atoms with Gasteiger partial charge in [-0.25, -0.2) is 19.6 Å². The van der Waals surface area contributed by atoms with Gasteiger partial charge in [0.15, 0.2) is 5.65 Å². The number of nitrogens with one attached hydrogen (secondary N) is 1. The van der Waals surface area contributed by atoms with Crippen molar-refractivity contribution >= 4 is 33.9 Å². The zero-order chi connectivity index (χ0) is 18.9. The number of para-hydroxylation sites is 1. The predicted molar refractivity (Wildman–Crippen MR) is 112 cm³/mol. The van der Waals surface area contributed by atoms with E-state index in [1.807, 2.05) is 54.1 Å². The van der Waals surface area contributed by atoms with Crippen molar-refractivity contribution in [3.8, 4) is 16.9 Å². The molecule has 1 N–H and O–H groups in total. The maximum atomic E-state index is 4.53. The Morgan fingerprint density at radius 1 is 0.964 bits per heavy atom. The number of anilines is 2. The molecule has 5 rings (SSSR count). The van der Waals surface area contributed by atoms with Crippen LogP contribution in [0.3, 0.4) is 0 Å². The van der Waals surface area contributed by atoms with E-state index in [1.54, 1.807) is 23.9 Å². The Labute approximate surface area is 165 Å². The van der Waals surface area contributed by atoms with E-state index >= 15 is 0 Å². The van der Waals surface area contributed by atoms with Gasteiger partial charge in [-0.2, -0.15) is 5.10 Å². The molecule has 0 amide bonds. The molecular formula is C21H16N6S. The molecule has 0 aliphatic carbocycles. The summed E-state index contributed by atoms with van der Waals surface area (Å²) in [7, 11) is 0. The molecule has 2 aromatic carbocycles. The first-order valence-electron chi connectivity index (χ1n) is 8.82. The second kappa shape index (κ2) is 6.86. The van der Waals surface area contributed by atoms with Crippen LogP contribution in [0.2, 0.25) is 0 Å². The van der Waals surface area contributed by atoms with Gasteiger partial charge in [0, 0.05) is 16.6 Å². The van der Waals surface area contributed by atoms with Crippen molar-refractivity contribution in [3.05, 3.63) is 77.5 Å². The van der Waals surface area contributed by atoms with Gasteiger partial charge in [-0.1, -0.05) is 30.3 Å². The minimum Gasteiger partial charge on any atom is -0.340 e. The first-order valence-corrected chi connectivity index (χ1v) is 9.70. The monoisotopic (exact) mass is 384 g/mol. The van der Waals surface area contributed by atoms with E-state index in [1.165, 1.54) is 0 Å². The fourth-order valence-electron chi connectivity index (χ4n) is 3.06. The molecule has 0 radical (unpaired) electrons. The molecule has 3 aromatic heterocycles. The van der Waals surface area contributed by atoms with E-state index in [9.17, 15) is 0 Å². The van der Waals surface area contributed by atoms with Crippen molar-refractivity contribution in [2.24, 2.45) is 0 Å². The van der Waals surface area contributed by atoms with E-state index in [2.05, 4.69) is 42.9 Å². The second-order valence-corrected chi connectivity index (χ2v) is 7.37. The summed E-state index contributed by atoms with van der Waals surface area (Å²) in [4.78, 5) is 13.4. The third-order valence-corrected chi connectivity index (χ3v) is 5.20. The molecule has 0 unspecified atom stereocenters. The van der Waals surface area contributed by atoms with Crippen molar-refractivity contribution in [2.75, 3.05) is 5.32 Å². The summed E-state index contributed by atoms with van der Waals surface area (Å²) in [6, 6.07) is 18.1. The molecule has 5 aromatic rings. The zero-order valence-electron chi connectivity index (χ0n) is 15.1. The highest BCUT2D eigenvalue weighted by atomic mass is 32.1. The number of nitrogens with zero attached hydrogens (tertiary/aromatic N) is 5. The second-order valence-electron chi connectivity index (χ2n) is 6.31. The Morgan fingerprint density at radius 3 is 2.54 bits per heavy atom. The smallest absolute Gasteiger partial charge is 0.168 e. The largest absolute Gasteiger partial charge is 0.340 e. The number of thiazole rings is 1. The van der Waals surface area contributed by atoms with Crippen LogP contribution >= 0.6 is 11.3 Å². The Morgan fingerprint density at radius 2 is 1.79 bits per heavy atom. The van der Waals surface area contributed by atoms with Gasteiger partial charge in [0.2, 0.25) is 0 Å². The van der Waals surface area contributed by atoms with Crippen molar-refractivity contribution < 1.29 is 0 Å². The summed E-state index contributed by atoms with van der Waals surface area (Å²) in [5.74, 6) is 0.726. The fraction of sp³-hybridized carbons (Fsp3) is 0.0476.